The van der Waals surface area contributed by atoms with Crippen LogP contribution in [0.15, 0.2) is 28.7 Å². The second-order valence-corrected chi connectivity index (χ2v) is 6.69. The van der Waals surface area contributed by atoms with E-state index >= 15 is 0 Å². The summed E-state index contributed by atoms with van der Waals surface area (Å²) in [5, 5.41) is 0. The molecular formula is C15H20BrNO4. The molecule has 6 heteroatoms. The molecule has 1 rings (SSSR count). The van der Waals surface area contributed by atoms with Gasteiger partial charge in [-0.05, 0) is 38.5 Å². The van der Waals surface area contributed by atoms with Crippen molar-refractivity contribution in [2.24, 2.45) is 5.73 Å². The average molecular weight is 358 g/mol. The Morgan fingerprint density at radius 2 is 1.86 bits per heavy atom. The van der Waals surface area contributed by atoms with Crippen LogP contribution in [0.2, 0.25) is 0 Å². The first-order valence-electron chi connectivity index (χ1n) is 6.44. The zero-order valence-electron chi connectivity index (χ0n) is 12.6. The number of carbonyl (C=O) groups is 2. The largest absolute Gasteiger partial charge is 0.467 e. The van der Waals surface area contributed by atoms with Gasteiger partial charge in [0.1, 0.15) is 5.60 Å². The third-order valence-electron chi connectivity index (χ3n) is 2.68. The lowest BCUT2D eigenvalue weighted by molar-refractivity contribution is -0.170. The Balaban J connectivity index is 3.09. The second-order valence-electron chi connectivity index (χ2n) is 5.77. The molecule has 0 fully saturated rings. The Bertz CT molecular complexity index is 539. The fourth-order valence-electron chi connectivity index (χ4n) is 1.75. The smallest absolute Gasteiger partial charge is 0.338 e. The summed E-state index contributed by atoms with van der Waals surface area (Å²) in [6.45, 7) is 5.13. The molecule has 0 amide bonds. The molecule has 0 radical (unpaired) electrons. The van der Waals surface area contributed by atoms with Crippen molar-refractivity contribution in [2.75, 3.05) is 7.11 Å². The van der Waals surface area contributed by atoms with Crippen molar-refractivity contribution in [1.29, 1.82) is 0 Å². The van der Waals surface area contributed by atoms with Gasteiger partial charge < -0.3 is 15.2 Å². The number of benzene rings is 1. The molecule has 5 nitrogen and oxygen atoms in total. The van der Waals surface area contributed by atoms with Crippen LogP contribution >= 0.6 is 15.9 Å². The molecule has 0 bridgehead atoms. The van der Waals surface area contributed by atoms with E-state index in [1.165, 1.54) is 7.11 Å². The van der Waals surface area contributed by atoms with Crippen molar-refractivity contribution < 1.29 is 19.1 Å². The SMILES string of the molecule is COC(=O)C(N)(Cc1cccc(Br)c1)C(=O)OC(C)(C)C. The van der Waals surface area contributed by atoms with Gasteiger partial charge in [0, 0.05) is 10.9 Å². The average Bonchev–Trinajstić information content (AvgIpc) is 2.35. The predicted molar refractivity (Wildman–Crippen MR) is 82.6 cm³/mol. The van der Waals surface area contributed by atoms with Crippen LogP contribution in [0, 0.1) is 0 Å². The van der Waals surface area contributed by atoms with Crippen LogP contribution in [0.3, 0.4) is 0 Å². The van der Waals surface area contributed by atoms with Crippen LogP contribution in [-0.2, 0) is 25.5 Å². The molecule has 116 valence electrons. The predicted octanol–water partition coefficient (Wildman–Crippen LogP) is 2.20. The third kappa shape index (κ3) is 4.82. The summed E-state index contributed by atoms with van der Waals surface area (Å²) in [7, 11) is 1.19. The van der Waals surface area contributed by atoms with E-state index in [1.807, 2.05) is 6.07 Å². The molecule has 0 aliphatic heterocycles. The highest BCUT2D eigenvalue weighted by atomic mass is 79.9. The maximum atomic E-state index is 12.3. The monoisotopic (exact) mass is 357 g/mol. The van der Waals surface area contributed by atoms with Gasteiger partial charge in [0.2, 0.25) is 5.54 Å². The maximum absolute atomic E-state index is 12.3. The number of carbonyl (C=O) groups excluding carboxylic acids is 2. The first-order valence-corrected chi connectivity index (χ1v) is 7.23. The number of halogens is 1. The first-order chi connectivity index (χ1) is 9.58. The Morgan fingerprint density at radius 1 is 1.24 bits per heavy atom. The van der Waals surface area contributed by atoms with E-state index in [1.54, 1.807) is 39.0 Å². The van der Waals surface area contributed by atoms with Crippen molar-refractivity contribution in [3.63, 3.8) is 0 Å². The zero-order chi connectivity index (χ0) is 16.3. The second kappa shape index (κ2) is 6.58. The minimum absolute atomic E-state index is 0.00593. The fourth-order valence-corrected chi connectivity index (χ4v) is 2.19. The molecule has 0 saturated heterocycles. The minimum atomic E-state index is -1.87. The maximum Gasteiger partial charge on any atom is 0.338 e. The molecule has 0 aliphatic carbocycles. The summed E-state index contributed by atoms with van der Waals surface area (Å²) in [4.78, 5) is 24.3. The van der Waals surface area contributed by atoms with Gasteiger partial charge in [0.05, 0.1) is 7.11 Å². The normalized spacial score (nSPS) is 14.2. The number of ether oxygens (including phenoxy) is 2. The van der Waals surface area contributed by atoms with E-state index in [0.29, 0.717) is 0 Å². The Labute approximate surface area is 132 Å². The van der Waals surface area contributed by atoms with E-state index in [9.17, 15) is 9.59 Å². The molecule has 1 aromatic carbocycles. The van der Waals surface area contributed by atoms with Gasteiger partial charge >= 0.3 is 11.9 Å². The highest BCUT2D eigenvalue weighted by Crippen LogP contribution is 2.21. The van der Waals surface area contributed by atoms with Crippen LogP contribution in [-0.4, -0.2) is 30.2 Å². The first kappa shape index (κ1) is 17.7. The number of methoxy groups -OCH3 is 1. The summed E-state index contributed by atoms with van der Waals surface area (Å²) < 4.78 is 10.8. The van der Waals surface area contributed by atoms with Crippen molar-refractivity contribution in [3.05, 3.63) is 34.3 Å². The van der Waals surface area contributed by atoms with Crippen LogP contribution in [0.5, 0.6) is 0 Å². The van der Waals surface area contributed by atoms with Gasteiger partial charge in [-0.15, -0.1) is 0 Å². The number of nitrogens with two attached hydrogens (primary N) is 1. The van der Waals surface area contributed by atoms with Gasteiger partial charge in [-0.3, -0.25) is 0 Å². The van der Waals surface area contributed by atoms with Crippen LogP contribution in [0.1, 0.15) is 26.3 Å². The summed E-state index contributed by atoms with van der Waals surface area (Å²) in [6.07, 6.45) is -0.00593. The van der Waals surface area contributed by atoms with E-state index in [0.717, 1.165) is 10.0 Å². The molecular weight excluding hydrogens is 338 g/mol. The van der Waals surface area contributed by atoms with Crippen LogP contribution < -0.4 is 5.73 Å². The highest BCUT2D eigenvalue weighted by molar-refractivity contribution is 9.10. The van der Waals surface area contributed by atoms with E-state index in [2.05, 4.69) is 20.7 Å². The van der Waals surface area contributed by atoms with Gasteiger partial charge in [0.15, 0.2) is 0 Å². The topological polar surface area (TPSA) is 78.6 Å². The Hall–Kier alpha value is -1.40. The van der Waals surface area contributed by atoms with Crippen molar-refractivity contribution >= 4 is 27.9 Å². The van der Waals surface area contributed by atoms with Crippen molar-refractivity contribution in [2.45, 2.75) is 38.3 Å². The summed E-state index contributed by atoms with van der Waals surface area (Å²) in [6, 6.07) is 7.20. The number of hydrogen-bond donors (Lipinski definition) is 1. The van der Waals surface area contributed by atoms with Gasteiger partial charge in [0.25, 0.3) is 0 Å². The summed E-state index contributed by atoms with van der Waals surface area (Å²) in [5.41, 5.74) is 4.13. The number of hydrogen-bond acceptors (Lipinski definition) is 5. The lowest BCUT2D eigenvalue weighted by Crippen LogP contribution is -2.59. The quantitative estimate of drug-likeness (QED) is 0.660. The number of esters is 2. The summed E-state index contributed by atoms with van der Waals surface area (Å²) in [5.74, 6) is -1.63. The molecule has 2 N–H and O–H groups in total. The van der Waals surface area contributed by atoms with E-state index in [-0.39, 0.29) is 6.42 Å². The van der Waals surface area contributed by atoms with Crippen LogP contribution in [0.4, 0.5) is 0 Å². The van der Waals surface area contributed by atoms with Crippen molar-refractivity contribution in [1.82, 2.24) is 0 Å². The molecule has 21 heavy (non-hydrogen) atoms. The van der Waals surface area contributed by atoms with Gasteiger partial charge in [-0.1, -0.05) is 28.1 Å². The van der Waals surface area contributed by atoms with Gasteiger partial charge in [-0.2, -0.15) is 0 Å². The molecule has 1 atom stereocenters. The molecule has 1 aromatic rings. The molecule has 0 spiro atoms. The van der Waals surface area contributed by atoms with E-state index < -0.39 is 23.1 Å². The Kier molecular flexibility index (Phi) is 5.53. The molecule has 0 heterocycles. The standard InChI is InChI=1S/C15H20BrNO4/c1-14(2,3)21-13(19)15(17,12(18)20-4)9-10-6-5-7-11(16)8-10/h5-8H,9,17H2,1-4H3. The van der Waals surface area contributed by atoms with Gasteiger partial charge in [-0.25, -0.2) is 9.59 Å². The third-order valence-corrected chi connectivity index (χ3v) is 3.18. The molecule has 0 saturated carbocycles. The fraction of sp³-hybridized carbons (Fsp3) is 0.467. The van der Waals surface area contributed by atoms with Crippen molar-refractivity contribution in [3.8, 4) is 0 Å². The zero-order valence-corrected chi connectivity index (χ0v) is 14.2. The Morgan fingerprint density at radius 3 is 2.33 bits per heavy atom. The molecule has 0 aromatic heterocycles. The van der Waals surface area contributed by atoms with Crippen LogP contribution in [0.25, 0.3) is 0 Å². The lowest BCUT2D eigenvalue weighted by atomic mass is 9.91. The minimum Gasteiger partial charge on any atom is -0.467 e. The lowest BCUT2D eigenvalue weighted by Gasteiger charge is -2.29. The van der Waals surface area contributed by atoms with E-state index in [4.69, 9.17) is 10.5 Å². The molecule has 1 unspecified atom stereocenters. The summed E-state index contributed by atoms with van der Waals surface area (Å²) >= 11 is 3.34. The highest BCUT2D eigenvalue weighted by Gasteiger charge is 2.46. The number of rotatable bonds is 4. The molecule has 0 aliphatic rings.